The van der Waals surface area contributed by atoms with Crippen molar-refractivity contribution in [2.24, 2.45) is 0 Å². The highest BCUT2D eigenvalue weighted by Gasteiger charge is 2.29. The molecule has 2 rings (SSSR count). The maximum atomic E-state index is 12.5. The van der Waals surface area contributed by atoms with Gasteiger partial charge in [0, 0.05) is 25.2 Å². The third kappa shape index (κ3) is 2.66. The van der Waals surface area contributed by atoms with Crippen LogP contribution in [0.4, 0.5) is 5.69 Å². The summed E-state index contributed by atoms with van der Waals surface area (Å²) in [6.07, 6.45) is 2.86. The Morgan fingerprint density at radius 3 is 2.56 bits per heavy atom. The summed E-state index contributed by atoms with van der Waals surface area (Å²) < 4.78 is 0. The van der Waals surface area contributed by atoms with Gasteiger partial charge in [-0.15, -0.1) is 0 Å². The van der Waals surface area contributed by atoms with Gasteiger partial charge in [-0.1, -0.05) is 32.0 Å². The van der Waals surface area contributed by atoms with Crippen LogP contribution in [-0.2, 0) is 11.2 Å². The Bertz CT molecular complexity index is 386. The Hall–Kier alpha value is -1.51. The first-order valence-corrected chi connectivity index (χ1v) is 6.89. The molecule has 0 unspecified atom stereocenters. The van der Waals surface area contributed by atoms with Crippen molar-refractivity contribution in [2.75, 3.05) is 18.4 Å². The van der Waals surface area contributed by atoms with E-state index in [1.54, 1.807) is 0 Å². The number of rotatable bonds is 5. The van der Waals surface area contributed by atoms with Crippen molar-refractivity contribution < 1.29 is 4.79 Å². The number of carbonyl (C=O) groups excluding carboxylic acids is 1. The second kappa shape index (κ2) is 5.89. The summed E-state index contributed by atoms with van der Waals surface area (Å²) in [7, 11) is 0. The molecule has 0 bridgehead atoms. The minimum atomic E-state index is -0.0690. The van der Waals surface area contributed by atoms with E-state index < -0.39 is 0 Å². The monoisotopic (exact) mass is 246 g/mol. The van der Waals surface area contributed by atoms with Gasteiger partial charge in [-0.05, 0) is 24.5 Å². The first-order valence-electron chi connectivity index (χ1n) is 6.89. The van der Waals surface area contributed by atoms with E-state index >= 15 is 0 Å². The third-order valence-electron chi connectivity index (χ3n) is 3.37. The fraction of sp³-hybridized carbons (Fsp3) is 0.533. The zero-order valence-corrected chi connectivity index (χ0v) is 11.3. The summed E-state index contributed by atoms with van der Waals surface area (Å²) in [5, 5.41) is 3.34. The van der Waals surface area contributed by atoms with Crippen LogP contribution >= 0.6 is 0 Å². The van der Waals surface area contributed by atoms with Crippen molar-refractivity contribution in [1.29, 1.82) is 0 Å². The molecule has 1 aliphatic rings. The van der Waals surface area contributed by atoms with Gasteiger partial charge in [-0.25, -0.2) is 0 Å². The molecule has 1 aromatic rings. The standard InChI is InChI=1S/C15H22N2O/c1-3-9-17(10-4-2)15(18)14-11-12-7-5-6-8-13(12)16-14/h5-8,14,16H,3-4,9-11H2,1-2H3/t14-/m0/s1. The molecule has 1 amide bonds. The van der Waals surface area contributed by atoms with E-state index in [0.29, 0.717) is 0 Å². The van der Waals surface area contributed by atoms with E-state index in [0.717, 1.165) is 38.0 Å². The van der Waals surface area contributed by atoms with Crippen molar-refractivity contribution in [3.8, 4) is 0 Å². The van der Waals surface area contributed by atoms with Gasteiger partial charge in [-0.2, -0.15) is 0 Å². The van der Waals surface area contributed by atoms with Crippen LogP contribution in [0.3, 0.4) is 0 Å². The Morgan fingerprint density at radius 1 is 1.28 bits per heavy atom. The summed E-state index contributed by atoms with van der Waals surface area (Å²) in [5.74, 6) is 0.245. The molecule has 0 radical (unpaired) electrons. The lowest BCUT2D eigenvalue weighted by Gasteiger charge is -2.25. The Morgan fingerprint density at radius 2 is 1.94 bits per heavy atom. The predicted molar refractivity (Wildman–Crippen MR) is 74.7 cm³/mol. The molecule has 3 nitrogen and oxygen atoms in total. The molecular formula is C15H22N2O. The summed E-state index contributed by atoms with van der Waals surface area (Å²) in [5.41, 5.74) is 2.37. The molecule has 0 spiro atoms. The van der Waals surface area contributed by atoms with Gasteiger partial charge in [0.1, 0.15) is 6.04 Å². The minimum Gasteiger partial charge on any atom is -0.373 e. The molecular weight excluding hydrogens is 224 g/mol. The molecule has 0 aliphatic carbocycles. The minimum absolute atomic E-state index is 0.0690. The van der Waals surface area contributed by atoms with E-state index in [1.165, 1.54) is 5.56 Å². The SMILES string of the molecule is CCCN(CCC)C(=O)[C@@H]1Cc2ccccc2N1. The molecule has 1 aliphatic heterocycles. The molecule has 18 heavy (non-hydrogen) atoms. The highest BCUT2D eigenvalue weighted by atomic mass is 16.2. The normalized spacial score (nSPS) is 17.1. The fourth-order valence-electron chi connectivity index (χ4n) is 2.54. The van der Waals surface area contributed by atoms with Crippen LogP contribution in [0.25, 0.3) is 0 Å². The number of amides is 1. The number of benzene rings is 1. The Kier molecular flexibility index (Phi) is 4.24. The second-order valence-electron chi connectivity index (χ2n) is 4.88. The number of fused-ring (bicyclic) bond motifs is 1. The molecule has 1 atom stereocenters. The molecule has 1 heterocycles. The van der Waals surface area contributed by atoms with E-state index in [-0.39, 0.29) is 11.9 Å². The number of hydrogen-bond donors (Lipinski definition) is 1. The summed E-state index contributed by atoms with van der Waals surface area (Å²) >= 11 is 0. The summed E-state index contributed by atoms with van der Waals surface area (Å²) in [4.78, 5) is 14.4. The first-order chi connectivity index (χ1) is 8.76. The van der Waals surface area contributed by atoms with Crippen molar-refractivity contribution in [2.45, 2.75) is 39.2 Å². The van der Waals surface area contributed by atoms with Crippen LogP contribution in [0.5, 0.6) is 0 Å². The quantitative estimate of drug-likeness (QED) is 0.866. The highest BCUT2D eigenvalue weighted by molar-refractivity contribution is 5.87. The largest absolute Gasteiger partial charge is 0.373 e. The average molecular weight is 246 g/mol. The Balaban J connectivity index is 2.03. The van der Waals surface area contributed by atoms with Gasteiger partial charge in [0.2, 0.25) is 5.91 Å². The smallest absolute Gasteiger partial charge is 0.245 e. The molecule has 0 saturated carbocycles. The van der Waals surface area contributed by atoms with Crippen molar-refractivity contribution >= 4 is 11.6 Å². The first kappa shape index (κ1) is 12.9. The van der Waals surface area contributed by atoms with Gasteiger partial charge >= 0.3 is 0 Å². The zero-order chi connectivity index (χ0) is 13.0. The zero-order valence-electron chi connectivity index (χ0n) is 11.3. The van der Waals surface area contributed by atoms with Gasteiger partial charge < -0.3 is 10.2 Å². The number of anilines is 1. The van der Waals surface area contributed by atoms with Crippen LogP contribution in [0.1, 0.15) is 32.3 Å². The fourth-order valence-corrected chi connectivity index (χ4v) is 2.54. The Labute approximate surface area is 109 Å². The van der Waals surface area contributed by atoms with Crippen LogP contribution in [0.15, 0.2) is 24.3 Å². The van der Waals surface area contributed by atoms with E-state index in [1.807, 2.05) is 23.1 Å². The topological polar surface area (TPSA) is 32.3 Å². The maximum absolute atomic E-state index is 12.5. The van der Waals surface area contributed by atoms with E-state index in [4.69, 9.17) is 0 Å². The number of para-hydroxylation sites is 1. The van der Waals surface area contributed by atoms with Gasteiger partial charge in [0.25, 0.3) is 0 Å². The molecule has 1 N–H and O–H groups in total. The average Bonchev–Trinajstić information content (AvgIpc) is 2.81. The predicted octanol–water partition coefficient (Wildman–Crippen LogP) is 2.67. The maximum Gasteiger partial charge on any atom is 0.245 e. The van der Waals surface area contributed by atoms with Crippen LogP contribution in [0, 0.1) is 0 Å². The molecule has 3 heteroatoms. The summed E-state index contributed by atoms with van der Waals surface area (Å²) in [6, 6.07) is 8.12. The second-order valence-corrected chi connectivity index (χ2v) is 4.88. The number of nitrogens with one attached hydrogen (secondary N) is 1. The van der Waals surface area contributed by atoms with Crippen molar-refractivity contribution in [3.05, 3.63) is 29.8 Å². The third-order valence-corrected chi connectivity index (χ3v) is 3.37. The molecule has 1 aromatic carbocycles. The van der Waals surface area contributed by atoms with Crippen LogP contribution in [0.2, 0.25) is 0 Å². The lowest BCUT2D eigenvalue weighted by Crippen LogP contribution is -2.42. The lowest BCUT2D eigenvalue weighted by atomic mass is 10.1. The highest BCUT2D eigenvalue weighted by Crippen LogP contribution is 2.26. The van der Waals surface area contributed by atoms with Crippen LogP contribution in [-0.4, -0.2) is 29.9 Å². The van der Waals surface area contributed by atoms with Gasteiger partial charge in [0.05, 0.1) is 0 Å². The summed E-state index contributed by atoms with van der Waals surface area (Å²) in [6.45, 7) is 5.96. The van der Waals surface area contributed by atoms with E-state index in [2.05, 4.69) is 25.2 Å². The van der Waals surface area contributed by atoms with Gasteiger partial charge in [0.15, 0.2) is 0 Å². The van der Waals surface area contributed by atoms with Crippen LogP contribution < -0.4 is 5.32 Å². The molecule has 0 saturated heterocycles. The molecule has 0 fully saturated rings. The van der Waals surface area contributed by atoms with Crippen molar-refractivity contribution in [3.63, 3.8) is 0 Å². The molecule has 98 valence electrons. The number of nitrogens with zero attached hydrogens (tertiary/aromatic N) is 1. The molecule has 0 aromatic heterocycles. The number of hydrogen-bond acceptors (Lipinski definition) is 2. The van der Waals surface area contributed by atoms with E-state index in [9.17, 15) is 4.79 Å². The van der Waals surface area contributed by atoms with Crippen molar-refractivity contribution in [1.82, 2.24) is 4.90 Å². The number of carbonyl (C=O) groups is 1. The van der Waals surface area contributed by atoms with Gasteiger partial charge in [-0.3, -0.25) is 4.79 Å². The lowest BCUT2D eigenvalue weighted by molar-refractivity contribution is -0.132.